The molecule has 6 heteroatoms. The smallest absolute Gasteiger partial charge is 0.317 e. The van der Waals surface area contributed by atoms with E-state index in [0.717, 1.165) is 17.7 Å². The van der Waals surface area contributed by atoms with Crippen LogP contribution >= 0.6 is 0 Å². The van der Waals surface area contributed by atoms with Crippen molar-refractivity contribution in [2.75, 3.05) is 19.7 Å². The highest BCUT2D eigenvalue weighted by Crippen LogP contribution is 2.17. The fraction of sp³-hybridized carbons (Fsp3) is 0.529. The van der Waals surface area contributed by atoms with Gasteiger partial charge in [0.15, 0.2) is 0 Å². The van der Waals surface area contributed by atoms with Crippen molar-refractivity contribution < 1.29 is 19.4 Å². The van der Waals surface area contributed by atoms with Crippen LogP contribution in [-0.2, 0) is 11.3 Å². The third kappa shape index (κ3) is 5.16. The molecular weight excluding hydrogens is 296 g/mol. The molecule has 1 aliphatic heterocycles. The van der Waals surface area contributed by atoms with Crippen molar-refractivity contribution in [1.29, 1.82) is 0 Å². The van der Waals surface area contributed by atoms with Gasteiger partial charge in [-0.1, -0.05) is 19.1 Å². The molecule has 2 amide bonds. The zero-order chi connectivity index (χ0) is 16.7. The second-order valence-corrected chi connectivity index (χ2v) is 5.75. The zero-order valence-corrected chi connectivity index (χ0v) is 13.5. The zero-order valence-electron chi connectivity index (χ0n) is 13.5. The highest BCUT2D eigenvalue weighted by Gasteiger charge is 2.26. The number of nitrogens with one attached hydrogen (secondary N) is 1. The van der Waals surface area contributed by atoms with Crippen LogP contribution in [0.2, 0.25) is 0 Å². The Hall–Kier alpha value is -2.24. The number of carboxylic acid groups (broad SMARTS) is 1. The Morgan fingerprint density at radius 2 is 1.91 bits per heavy atom. The number of aliphatic carboxylic acids is 1. The fourth-order valence-electron chi connectivity index (χ4n) is 2.54. The minimum absolute atomic E-state index is 0.139. The molecule has 2 N–H and O–H groups in total. The van der Waals surface area contributed by atoms with Crippen LogP contribution in [0.3, 0.4) is 0 Å². The molecule has 0 unspecified atom stereocenters. The first-order valence-electron chi connectivity index (χ1n) is 8.07. The van der Waals surface area contributed by atoms with Gasteiger partial charge in [0, 0.05) is 19.6 Å². The SMILES string of the molecule is CCCOc1ccc(CNC(=O)N2CCC(C(=O)O)CC2)cc1. The van der Waals surface area contributed by atoms with E-state index in [2.05, 4.69) is 12.2 Å². The minimum atomic E-state index is -0.768. The van der Waals surface area contributed by atoms with Crippen molar-refractivity contribution >= 4 is 12.0 Å². The van der Waals surface area contributed by atoms with E-state index in [4.69, 9.17) is 9.84 Å². The van der Waals surface area contributed by atoms with Crippen LogP contribution in [0.25, 0.3) is 0 Å². The molecule has 0 radical (unpaired) electrons. The van der Waals surface area contributed by atoms with Crippen LogP contribution in [0.1, 0.15) is 31.7 Å². The molecule has 6 nitrogen and oxygen atoms in total. The molecule has 126 valence electrons. The lowest BCUT2D eigenvalue weighted by Gasteiger charge is -2.30. The number of carboxylic acids is 1. The quantitative estimate of drug-likeness (QED) is 0.844. The number of urea groups is 1. The van der Waals surface area contributed by atoms with E-state index in [1.54, 1.807) is 4.90 Å². The molecule has 23 heavy (non-hydrogen) atoms. The number of carbonyl (C=O) groups excluding carboxylic acids is 1. The van der Waals surface area contributed by atoms with E-state index in [0.29, 0.717) is 39.1 Å². The maximum atomic E-state index is 12.1. The van der Waals surface area contributed by atoms with E-state index in [1.807, 2.05) is 24.3 Å². The Morgan fingerprint density at radius 3 is 2.48 bits per heavy atom. The van der Waals surface area contributed by atoms with Gasteiger partial charge in [-0.2, -0.15) is 0 Å². The molecule has 1 aliphatic rings. The summed E-state index contributed by atoms with van der Waals surface area (Å²) in [4.78, 5) is 24.7. The normalized spacial score (nSPS) is 15.3. The summed E-state index contributed by atoms with van der Waals surface area (Å²) >= 11 is 0. The van der Waals surface area contributed by atoms with Gasteiger partial charge < -0.3 is 20.1 Å². The van der Waals surface area contributed by atoms with Gasteiger partial charge in [-0.3, -0.25) is 4.79 Å². The third-order valence-corrected chi connectivity index (χ3v) is 3.97. The number of benzene rings is 1. The van der Waals surface area contributed by atoms with Gasteiger partial charge in [0.05, 0.1) is 12.5 Å². The van der Waals surface area contributed by atoms with Crippen molar-refractivity contribution in [2.45, 2.75) is 32.7 Å². The molecule has 2 rings (SSSR count). The van der Waals surface area contributed by atoms with Crippen LogP contribution in [0.5, 0.6) is 5.75 Å². The Balaban J connectivity index is 1.75. The number of likely N-dealkylation sites (tertiary alicyclic amines) is 1. The predicted molar refractivity (Wildman–Crippen MR) is 86.4 cm³/mol. The van der Waals surface area contributed by atoms with Crippen LogP contribution < -0.4 is 10.1 Å². The second-order valence-electron chi connectivity index (χ2n) is 5.75. The summed E-state index contributed by atoms with van der Waals surface area (Å²) in [5, 5.41) is 11.8. The van der Waals surface area contributed by atoms with E-state index in [-0.39, 0.29) is 11.9 Å². The topological polar surface area (TPSA) is 78.9 Å². The Bertz CT molecular complexity index is 522. The van der Waals surface area contributed by atoms with Gasteiger partial charge in [-0.15, -0.1) is 0 Å². The molecule has 1 heterocycles. The number of hydrogen-bond acceptors (Lipinski definition) is 3. The molecule has 0 atom stereocenters. The van der Waals surface area contributed by atoms with Crippen molar-refractivity contribution in [3.63, 3.8) is 0 Å². The second kappa shape index (κ2) is 8.41. The Labute approximate surface area is 136 Å². The van der Waals surface area contributed by atoms with Gasteiger partial charge in [0.2, 0.25) is 0 Å². The number of nitrogens with zero attached hydrogens (tertiary/aromatic N) is 1. The summed E-state index contributed by atoms with van der Waals surface area (Å²) in [5.41, 5.74) is 1.00. The molecule has 1 fully saturated rings. The lowest BCUT2D eigenvalue weighted by Crippen LogP contribution is -2.45. The van der Waals surface area contributed by atoms with E-state index >= 15 is 0 Å². The first kappa shape index (κ1) is 17.1. The summed E-state index contributed by atoms with van der Waals surface area (Å²) < 4.78 is 5.52. The van der Waals surface area contributed by atoms with Gasteiger partial charge in [0.1, 0.15) is 5.75 Å². The molecule has 1 saturated heterocycles. The predicted octanol–water partition coefficient (Wildman–Crippen LogP) is 2.48. The van der Waals surface area contributed by atoms with Crippen molar-refractivity contribution in [3.8, 4) is 5.75 Å². The molecule has 1 aromatic carbocycles. The highest BCUT2D eigenvalue weighted by molar-refractivity contribution is 5.75. The van der Waals surface area contributed by atoms with Crippen molar-refractivity contribution in [3.05, 3.63) is 29.8 Å². The number of ether oxygens (including phenoxy) is 1. The Morgan fingerprint density at radius 1 is 1.26 bits per heavy atom. The summed E-state index contributed by atoms with van der Waals surface area (Å²) in [6.07, 6.45) is 2.01. The third-order valence-electron chi connectivity index (χ3n) is 3.97. The molecule has 1 aromatic rings. The molecular formula is C17H24N2O4. The van der Waals surface area contributed by atoms with Crippen LogP contribution in [-0.4, -0.2) is 41.7 Å². The number of piperidine rings is 1. The standard InChI is InChI=1S/C17H24N2O4/c1-2-11-23-15-5-3-13(4-6-15)12-18-17(22)19-9-7-14(8-10-19)16(20)21/h3-6,14H,2,7-12H2,1H3,(H,18,22)(H,20,21). The van der Waals surface area contributed by atoms with Crippen LogP contribution in [0.4, 0.5) is 4.79 Å². The Kier molecular flexibility index (Phi) is 6.26. The monoisotopic (exact) mass is 320 g/mol. The van der Waals surface area contributed by atoms with Crippen molar-refractivity contribution in [1.82, 2.24) is 10.2 Å². The van der Waals surface area contributed by atoms with Gasteiger partial charge in [0.25, 0.3) is 0 Å². The summed E-state index contributed by atoms with van der Waals surface area (Å²) in [6, 6.07) is 7.52. The minimum Gasteiger partial charge on any atom is -0.494 e. The average Bonchev–Trinajstić information content (AvgIpc) is 2.58. The molecule has 0 spiro atoms. The van der Waals surface area contributed by atoms with E-state index in [9.17, 15) is 9.59 Å². The molecule has 0 saturated carbocycles. The molecule has 0 aliphatic carbocycles. The first-order chi connectivity index (χ1) is 11.1. The lowest BCUT2D eigenvalue weighted by atomic mass is 9.97. The van der Waals surface area contributed by atoms with E-state index in [1.165, 1.54) is 0 Å². The van der Waals surface area contributed by atoms with Gasteiger partial charge >= 0.3 is 12.0 Å². The maximum Gasteiger partial charge on any atom is 0.317 e. The summed E-state index contributed by atoms with van der Waals surface area (Å²) in [6.45, 7) is 4.19. The van der Waals surface area contributed by atoms with Crippen LogP contribution in [0, 0.1) is 5.92 Å². The van der Waals surface area contributed by atoms with Gasteiger partial charge in [-0.05, 0) is 37.0 Å². The lowest BCUT2D eigenvalue weighted by molar-refractivity contribution is -0.143. The first-order valence-corrected chi connectivity index (χ1v) is 8.07. The summed E-state index contributed by atoms with van der Waals surface area (Å²) in [7, 11) is 0. The number of hydrogen-bond donors (Lipinski definition) is 2. The number of carbonyl (C=O) groups is 2. The van der Waals surface area contributed by atoms with Crippen LogP contribution in [0.15, 0.2) is 24.3 Å². The number of amides is 2. The molecule has 0 bridgehead atoms. The maximum absolute atomic E-state index is 12.1. The summed E-state index contributed by atoms with van der Waals surface area (Å²) in [5.74, 6) is -0.261. The molecule has 0 aromatic heterocycles. The van der Waals surface area contributed by atoms with Crippen molar-refractivity contribution in [2.24, 2.45) is 5.92 Å². The number of rotatable bonds is 6. The van der Waals surface area contributed by atoms with Gasteiger partial charge in [-0.25, -0.2) is 4.79 Å². The fourth-order valence-corrected chi connectivity index (χ4v) is 2.54. The largest absolute Gasteiger partial charge is 0.494 e. The average molecular weight is 320 g/mol. The highest BCUT2D eigenvalue weighted by atomic mass is 16.5. The van der Waals surface area contributed by atoms with E-state index < -0.39 is 5.97 Å².